The van der Waals surface area contributed by atoms with Crippen molar-refractivity contribution in [2.45, 2.75) is 32.6 Å². The van der Waals surface area contributed by atoms with Gasteiger partial charge in [-0.15, -0.1) is 0 Å². The molecule has 1 aromatic carbocycles. The van der Waals surface area contributed by atoms with Gasteiger partial charge in [-0.2, -0.15) is 0 Å². The van der Waals surface area contributed by atoms with Crippen LogP contribution < -0.4 is 15.0 Å². The molecule has 0 aliphatic heterocycles. The quantitative estimate of drug-likeness (QED) is 0.798. The number of ether oxygens (including phenoxy) is 2. The minimum Gasteiger partial charge on any atom is -0.500 e. The minimum absolute atomic E-state index is 0.261. The highest BCUT2D eigenvalue weighted by molar-refractivity contribution is 5.88. The van der Waals surface area contributed by atoms with E-state index in [4.69, 9.17) is 9.47 Å². The molecule has 0 radical (unpaired) electrons. The molecule has 120 valence electrons. The summed E-state index contributed by atoms with van der Waals surface area (Å²) in [5, 5.41) is 10.8. The van der Waals surface area contributed by atoms with Gasteiger partial charge in [0, 0.05) is 18.5 Å². The molecule has 2 aromatic rings. The Morgan fingerprint density at radius 3 is 2.68 bits per heavy atom. The fraction of sp³-hybridized carbons (Fsp3) is 0.471. The van der Waals surface area contributed by atoms with Gasteiger partial charge < -0.3 is 19.1 Å². The van der Waals surface area contributed by atoms with Gasteiger partial charge in [0.25, 0.3) is 5.56 Å². The second-order valence-corrected chi connectivity index (χ2v) is 5.33. The van der Waals surface area contributed by atoms with E-state index in [-0.39, 0.29) is 11.5 Å². The molecular formula is C17H23NO4. The van der Waals surface area contributed by atoms with Gasteiger partial charge in [-0.25, -0.2) is 0 Å². The maximum absolute atomic E-state index is 12.1. The fourth-order valence-electron chi connectivity index (χ4n) is 2.45. The molecule has 0 amide bonds. The van der Waals surface area contributed by atoms with E-state index in [1.807, 2.05) is 0 Å². The molecule has 0 aliphatic carbocycles. The predicted molar refractivity (Wildman–Crippen MR) is 87.0 cm³/mol. The summed E-state index contributed by atoms with van der Waals surface area (Å²) in [6.45, 7) is 2.64. The van der Waals surface area contributed by atoms with Crippen LogP contribution in [0.2, 0.25) is 0 Å². The second kappa shape index (κ2) is 7.20. The van der Waals surface area contributed by atoms with E-state index >= 15 is 0 Å². The maximum atomic E-state index is 12.1. The average Bonchev–Trinajstić information content (AvgIpc) is 2.55. The zero-order valence-electron chi connectivity index (χ0n) is 13.4. The first-order chi connectivity index (χ1) is 10.6. The summed E-state index contributed by atoms with van der Waals surface area (Å²) in [7, 11) is 3.19. The van der Waals surface area contributed by atoms with Crippen LogP contribution in [-0.4, -0.2) is 23.4 Å². The van der Waals surface area contributed by atoms with Crippen LogP contribution in [0.3, 0.4) is 0 Å². The topological polar surface area (TPSA) is 60.7 Å². The van der Waals surface area contributed by atoms with E-state index in [1.165, 1.54) is 4.57 Å². The molecule has 5 nitrogen and oxygen atoms in total. The summed E-state index contributed by atoms with van der Waals surface area (Å²) in [6.07, 6.45) is 4.29. The van der Waals surface area contributed by atoms with Gasteiger partial charge in [0.05, 0.1) is 19.2 Å². The molecular weight excluding hydrogens is 282 g/mol. The van der Waals surface area contributed by atoms with E-state index in [0.29, 0.717) is 23.3 Å². The number of aromatic hydroxyl groups is 1. The molecule has 1 N–H and O–H groups in total. The van der Waals surface area contributed by atoms with E-state index in [1.54, 1.807) is 32.4 Å². The van der Waals surface area contributed by atoms with Crippen LogP contribution in [0.15, 0.2) is 23.0 Å². The molecule has 0 unspecified atom stereocenters. The van der Waals surface area contributed by atoms with Gasteiger partial charge in [0.2, 0.25) is 5.75 Å². The number of methoxy groups -OCH3 is 1. The van der Waals surface area contributed by atoms with Crippen molar-refractivity contribution >= 4 is 10.9 Å². The smallest absolute Gasteiger partial charge is 0.296 e. The third-order valence-electron chi connectivity index (χ3n) is 3.78. The van der Waals surface area contributed by atoms with Crippen molar-refractivity contribution in [1.29, 1.82) is 0 Å². The summed E-state index contributed by atoms with van der Waals surface area (Å²) in [4.78, 5) is 12.1. The van der Waals surface area contributed by atoms with Crippen molar-refractivity contribution in [1.82, 2.24) is 4.57 Å². The Morgan fingerprint density at radius 1 is 1.23 bits per heavy atom. The normalized spacial score (nSPS) is 10.9. The first-order valence-corrected chi connectivity index (χ1v) is 7.62. The largest absolute Gasteiger partial charge is 0.500 e. The van der Waals surface area contributed by atoms with Crippen molar-refractivity contribution in [3.05, 3.63) is 28.6 Å². The van der Waals surface area contributed by atoms with Gasteiger partial charge in [-0.3, -0.25) is 4.79 Å². The molecule has 0 spiro atoms. The molecule has 22 heavy (non-hydrogen) atoms. The number of fused-ring (bicyclic) bond motifs is 1. The zero-order chi connectivity index (χ0) is 16.1. The van der Waals surface area contributed by atoms with Gasteiger partial charge in [0.15, 0.2) is 5.75 Å². The van der Waals surface area contributed by atoms with Crippen LogP contribution in [0.1, 0.15) is 32.6 Å². The van der Waals surface area contributed by atoms with Crippen LogP contribution >= 0.6 is 0 Å². The highest BCUT2D eigenvalue weighted by atomic mass is 16.5. The van der Waals surface area contributed by atoms with Crippen LogP contribution in [-0.2, 0) is 7.05 Å². The lowest BCUT2D eigenvalue weighted by atomic mass is 10.1. The highest BCUT2D eigenvalue weighted by Crippen LogP contribution is 2.33. The molecule has 0 fully saturated rings. The summed E-state index contributed by atoms with van der Waals surface area (Å²) in [5.41, 5.74) is 0.204. The van der Waals surface area contributed by atoms with Crippen molar-refractivity contribution in [3.8, 4) is 17.2 Å². The number of unbranched alkanes of at least 4 members (excludes halogenated alkanes) is 3. The second-order valence-electron chi connectivity index (χ2n) is 5.33. The fourth-order valence-corrected chi connectivity index (χ4v) is 2.45. The van der Waals surface area contributed by atoms with Gasteiger partial charge in [-0.1, -0.05) is 26.2 Å². The molecule has 0 saturated heterocycles. The van der Waals surface area contributed by atoms with Gasteiger partial charge in [-0.05, 0) is 18.6 Å². The molecule has 0 saturated carbocycles. The Kier molecular flexibility index (Phi) is 5.31. The van der Waals surface area contributed by atoms with Crippen LogP contribution in [0.4, 0.5) is 0 Å². The van der Waals surface area contributed by atoms with Crippen LogP contribution in [0.25, 0.3) is 10.9 Å². The first-order valence-electron chi connectivity index (χ1n) is 7.62. The first kappa shape index (κ1) is 16.2. The van der Waals surface area contributed by atoms with Crippen molar-refractivity contribution in [2.75, 3.05) is 13.7 Å². The molecule has 2 rings (SSSR count). The predicted octanol–water partition coefficient (Wildman–Crippen LogP) is 3.21. The lowest BCUT2D eigenvalue weighted by molar-refractivity contribution is 0.290. The number of aromatic nitrogens is 1. The molecule has 5 heteroatoms. The monoisotopic (exact) mass is 305 g/mol. The average molecular weight is 305 g/mol. The third-order valence-corrected chi connectivity index (χ3v) is 3.78. The number of hydrogen-bond donors (Lipinski definition) is 1. The summed E-state index contributed by atoms with van der Waals surface area (Å²) in [6, 6.07) is 5.35. The number of pyridine rings is 1. The van der Waals surface area contributed by atoms with Crippen molar-refractivity contribution in [2.24, 2.45) is 7.05 Å². The number of nitrogens with zero attached hydrogens (tertiary/aromatic N) is 1. The maximum Gasteiger partial charge on any atom is 0.296 e. The molecule has 0 aliphatic rings. The van der Waals surface area contributed by atoms with Crippen molar-refractivity contribution < 1.29 is 14.6 Å². The number of rotatable bonds is 7. The van der Waals surface area contributed by atoms with Gasteiger partial charge in [0.1, 0.15) is 5.75 Å². The lowest BCUT2D eigenvalue weighted by Crippen LogP contribution is -2.18. The molecule has 0 bridgehead atoms. The van der Waals surface area contributed by atoms with Crippen molar-refractivity contribution in [3.63, 3.8) is 0 Å². The van der Waals surface area contributed by atoms with E-state index < -0.39 is 5.56 Å². The summed E-state index contributed by atoms with van der Waals surface area (Å²) >= 11 is 0. The number of benzene rings is 1. The van der Waals surface area contributed by atoms with Crippen LogP contribution in [0, 0.1) is 0 Å². The highest BCUT2D eigenvalue weighted by Gasteiger charge is 2.16. The zero-order valence-corrected chi connectivity index (χ0v) is 13.4. The third kappa shape index (κ3) is 3.18. The lowest BCUT2D eigenvalue weighted by Gasteiger charge is -2.14. The molecule has 1 heterocycles. The summed E-state index contributed by atoms with van der Waals surface area (Å²) < 4.78 is 12.3. The Hall–Kier alpha value is -2.17. The molecule has 1 aromatic heterocycles. The van der Waals surface area contributed by atoms with Crippen LogP contribution in [0.5, 0.6) is 17.2 Å². The van der Waals surface area contributed by atoms with E-state index in [0.717, 1.165) is 25.7 Å². The van der Waals surface area contributed by atoms with E-state index in [9.17, 15) is 9.90 Å². The Balaban J connectivity index is 2.38. The van der Waals surface area contributed by atoms with Gasteiger partial charge >= 0.3 is 0 Å². The Labute approximate surface area is 130 Å². The molecule has 0 atom stereocenters. The Bertz CT molecular complexity index is 706. The van der Waals surface area contributed by atoms with E-state index in [2.05, 4.69) is 6.92 Å². The number of hydrogen-bond acceptors (Lipinski definition) is 4. The minimum atomic E-state index is -0.468. The summed E-state index contributed by atoms with van der Waals surface area (Å²) in [5.74, 6) is 0.579. The SMILES string of the molecule is CCCCCCOc1c(O)c(=O)n(C)c2cc(OC)ccc12. The number of aryl methyl sites for hydroxylation is 1. The Morgan fingerprint density at radius 2 is 2.00 bits per heavy atom. The standard InChI is InChI=1S/C17H23NO4/c1-4-5-6-7-10-22-16-13-9-8-12(21-3)11-14(13)18(2)17(20)15(16)19/h8-9,11,19H,4-7,10H2,1-3H3.